The van der Waals surface area contributed by atoms with Crippen LogP contribution in [0.5, 0.6) is 0 Å². The molecule has 0 saturated heterocycles. The summed E-state index contributed by atoms with van der Waals surface area (Å²) in [6.45, 7) is 17.6. The van der Waals surface area contributed by atoms with Crippen molar-refractivity contribution in [2.45, 2.75) is 19.3 Å². The Morgan fingerprint density at radius 2 is 1.67 bits per heavy atom. The molecular formula is C9H16. The lowest BCUT2D eigenvalue weighted by atomic mass is 10.3. The smallest absolute Gasteiger partial charge is 0.0667 e. The van der Waals surface area contributed by atoms with E-state index in [-0.39, 0.29) is 0 Å². The first-order valence-electron chi connectivity index (χ1n) is 3.06. The van der Waals surface area contributed by atoms with Gasteiger partial charge in [-0.05, 0) is 0 Å². The van der Waals surface area contributed by atoms with Crippen molar-refractivity contribution >= 4 is 0 Å². The number of unbranched alkanes of at least 4 members (excludes halogenated alkanes) is 1. The molecule has 0 spiro atoms. The highest BCUT2D eigenvalue weighted by molar-refractivity contribution is 4.97. The van der Waals surface area contributed by atoms with E-state index in [2.05, 4.69) is 34.3 Å². The van der Waals surface area contributed by atoms with Gasteiger partial charge in [-0.3, -0.25) is 0 Å². The second-order valence-electron chi connectivity index (χ2n) is 1.71. The van der Waals surface area contributed by atoms with Gasteiger partial charge in [-0.15, -0.1) is 12.8 Å². The number of allylic oxidation sites excluding steroid dienone is 1. The van der Waals surface area contributed by atoms with E-state index in [0.717, 1.165) is 24.8 Å². The van der Waals surface area contributed by atoms with E-state index in [1.165, 1.54) is 0 Å². The molecule has 0 bridgehead atoms. The summed E-state index contributed by atoms with van der Waals surface area (Å²) in [4.78, 5) is 0. The Balaban J connectivity index is 0. The highest BCUT2D eigenvalue weighted by atomic mass is 13.7. The molecule has 0 aromatic rings. The van der Waals surface area contributed by atoms with Crippen LogP contribution in [-0.4, -0.2) is 0 Å². The molecule has 0 radical (unpaired) electrons. The molecule has 0 atom stereocenters. The second-order valence-corrected chi connectivity index (χ2v) is 1.71. The van der Waals surface area contributed by atoms with Crippen molar-refractivity contribution in [3.05, 3.63) is 39.8 Å². The Morgan fingerprint density at radius 1 is 1.44 bits per heavy atom. The topological polar surface area (TPSA) is 0 Å². The average Bonchev–Trinajstić information content (AvgIpc) is 1.89. The largest absolute Gasteiger partial charge is 0.339 e. The molecule has 0 heterocycles. The molecule has 0 aliphatic heterocycles. The predicted molar refractivity (Wildman–Crippen MR) is 44.4 cm³/mol. The Labute approximate surface area is 60.0 Å². The standard InChI is InChI=1S/C5H8.C4H8/c1-4-5(2)3;1-3-4-2/h1-4H2;1-4H2. The summed E-state index contributed by atoms with van der Waals surface area (Å²) in [5.41, 5.74) is 0.894. The van der Waals surface area contributed by atoms with Crippen molar-refractivity contribution in [1.29, 1.82) is 0 Å². The fourth-order valence-electron chi connectivity index (χ4n) is 0. The lowest BCUT2D eigenvalue weighted by molar-refractivity contribution is 1.05. The summed E-state index contributed by atoms with van der Waals surface area (Å²) in [7, 11) is 0. The molecule has 0 aliphatic rings. The van der Waals surface area contributed by atoms with Crippen molar-refractivity contribution < 1.29 is 0 Å². The molecule has 0 aromatic heterocycles. The highest BCUT2D eigenvalue weighted by Gasteiger charge is 1.71. The Kier molecular flexibility index (Phi) is 13.1. The molecule has 52 valence electrons. The van der Waals surface area contributed by atoms with Gasteiger partial charge < -0.3 is 13.8 Å². The van der Waals surface area contributed by atoms with Crippen molar-refractivity contribution in [2.24, 2.45) is 0 Å². The monoisotopic (exact) mass is 124 g/mol. The van der Waals surface area contributed by atoms with Gasteiger partial charge in [0.1, 0.15) is 0 Å². The van der Waals surface area contributed by atoms with Crippen LogP contribution in [0.15, 0.2) is 12.2 Å². The zero-order valence-corrected chi connectivity index (χ0v) is 6.16. The van der Waals surface area contributed by atoms with Crippen LogP contribution < -0.4 is 0 Å². The van der Waals surface area contributed by atoms with Gasteiger partial charge in [-0.25, -0.2) is 0 Å². The van der Waals surface area contributed by atoms with E-state index in [1.807, 2.05) is 0 Å². The molecule has 0 unspecified atom stereocenters. The van der Waals surface area contributed by atoms with Gasteiger partial charge in [0.05, 0.1) is 18.9 Å². The summed E-state index contributed by atoms with van der Waals surface area (Å²) in [5, 5.41) is 0. The fourth-order valence-corrected chi connectivity index (χ4v) is 0. The van der Waals surface area contributed by atoms with Crippen molar-refractivity contribution in [1.82, 2.24) is 0 Å². The minimum absolute atomic E-state index is 0.750. The molecule has 0 rings (SSSR count). The van der Waals surface area contributed by atoms with Gasteiger partial charge in [0, 0.05) is 13.5 Å². The molecule has 0 amide bonds. The van der Waals surface area contributed by atoms with Gasteiger partial charge in [0.2, 0.25) is 0 Å². The molecule has 0 nitrogen and oxygen atoms in total. The first-order chi connectivity index (χ1) is 4.18. The van der Waals surface area contributed by atoms with Crippen LogP contribution in [0.25, 0.3) is 0 Å². The van der Waals surface area contributed by atoms with Crippen LogP contribution in [0.2, 0.25) is 0 Å². The summed E-state index contributed by atoms with van der Waals surface area (Å²) < 4.78 is 0. The third-order valence-corrected chi connectivity index (χ3v) is 0.604. The molecule has 0 N–H and O–H groups in total. The Hall–Kier alpha value is -0.520. The molecule has 0 fully saturated rings. The van der Waals surface area contributed by atoms with E-state index in [1.54, 1.807) is 0 Å². The maximum Gasteiger partial charge on any atom is 0.0667 e. The van der Waals surface area contributed by atoms with Crippen molar-refractivity contribution in [3.63, 3.8) is 0 Å². The zero-order valence-electron chi connectivity index (χ0n) is 6.16. The lowest BCUT2D eigenvalue weighted by Crippen LogP contribution is -1.60. The number of hydrogen-bond acceptors (Lipinski definition) is 0. The summed E-state index contributed by atoms with van der Waals surface area (Å²) in [5.74, 6) is 0. The Bertz CT molecular complexity index is 51.1. The second kappa shape index (κ2) is 10.5. The maximum absolute atomic E-state index is 3.54. The summed E-state index contributed by atoms with van der Waals surface area (Å²) >= 11 is 0. The third kappa shape index (κ3) is 36.5. The predicted octanol–water partition coefficient (Wildman–Crippen LogP) is 3.04. The lowest BCUT2D eigenvalue weighted by Gasteiger charge is -1.78. The van der Waals surface area contributed by atoms with Gasteiger partial charge in [0.25, 0.3) is 0 Å². The first kappa shape index (κ1) is 11.3. The molecule has 0 saturated carbocycles. The SMILES string of the molecule is C=C([CH2+])C[CH2-].[CH2+]CC[CH2-]. The molecular weight excluding hydrogens is 108 g/mol. The van der Waals surface area contributed by atoms with E-state index < -0.39 is 0 Å². The molecule has 0 aromatic carbocycles. The average molecular weight is 124 g/mol. The van der Waals surface area contributed by atoms with Crippen LogP contribution in [0.3, 0.4) is 0 Å². The van der Waals surface area contributed by atoms with Crippen LogP contribution in [-0.2, 0) is 0 Å². The molecule has 9 heavy (non-hydrogen) atoms. The van der Waals surface area contributed by atoms with Gasteiger partial charge in [-0.1, -0.05) is 0 Å². The maximum atomic E-state index is 3.54. The zero-order chi connectivity index (χ0) is 7.70. The van der Waals surface area contributed by atoms with E-state index >= 15 is 0 Å². The fraction of sp³-hybridized carbons (Fsp3) is 0.333. The van der Waals surface area contributed by atoms with E-state index in [0.29, 0.717) is 0 Å². The summed E-state index contributed by atoms with van der Waals surface area (Å²) in [6, 6.07) is 0. The Morgan fingerprint density at radius 3 is 1.67 bits per heavy atom. The van der Waals surface area contributed by atoms with Gasteiger partial charge in [-0.2, -0.15) is 0 Å². The minimum atomic E-state index is 0.750. The van der Waals surface area contributed by atoms with Crippen LogP contribution in [0.4, 0.5) is 0 Å². The summed E-state index contributed by atoms with van der Waals surface area (Å²) in [6.07, 6.45) is 2.67. The minimum Gasteiger partial charge on any atom is -0.339 e. The molecule has 0 aliphatic carbocycles. The quantitative estimate of drug-likeness (QED) is 0.496. The van der Waals surface area contributed by atoms with Crippen molar-refractivity contribution in [3.8, 4) is 0 Å². The van der Waals surface area contributed by atoms with Crippen LogP contribution in [0.1, 0.15) is 19.3 Å². The van der Waals surface area contributed by atoms with Crippen molar-refractivity contribution in [2.75, 3.05) is 0 Å². The van der Waals surface area contributed by atoms with Gasteiger partial charge in [0.15, 0.2) is 0 Å². The molecule has 0 heteroatoms. The van der Waals surface area contributed by atoms with Crippen LogP contribution >= 0.6 is 0 Å². The number of hydrogen-bond donors (Lipinski definition) is 0. The highest BCUT2D eigenvalue weighted by Crippen LogP contribution is 1.87. The number of rotatable bonds is 2. The van der Waals surface area contributed by atoms with Crippen LogP contribution in [0, 0.1) is 27.7 Å². The van der Waals surface area contributed by atoms with E-state index in [9.17, 15) is 0 Å². The third-order valence-electron chi connectivity index (χ3n) is 0.604. The van der Waals surface area contributed by atoms with E-state index in [4.69, 9.17) is 0 Å². The first-order valence-corrected chi connectivity index (χ1v) is 3.06. The normalized spacial score (nSPS) is 7.33. The van der Waals surface area contributed by atoms with Gasteiger partial charge >= 0.3 is 0 Å².